The molecule has 10 heteroatoms. The van der Waals surface area contributed by atoms with Crippen LogP contribution in [0.1, 0.15) is 17.8 Å². The highest BCUT2D eigenvalue weighted by Gasteiger charge is 2.32. The van der Waals surface area contributed by atoms with Gasteiger partial charge in [0.25, 0.3) is 0 Å². The van der Waals surface area contributed by atoms with Crippen molar-refractivity contribution in [2.24, 2.45) is 0 Å². The Morgan fingerprint density at radius 3 is 2.76 bits per heavy atom. The molecule has 134 valence electrons. The number of hydrogen-bond acceptors (Lipinski definition) is 5. The smallest absolute Gasteiger partial charge is 0.322 e. The van der Waals surface area contributed by atoms with Crippen molar-refractivity contribution in [2.45, 2.75) is 13.0 Å². The fraction of sp³-hybridized carbons (Fsp3) is 0.400. The first-order chi connectivity index (χ1) is 11.8. The third kappa shape index (κ3) is 3.86. The summed E-state index contributed by atoms with van der Waals surface area (Å²) in [4.78, 5) is 20.3. The van der Waals surface area contributed by atoms with Gasteiger partial charge in [-0.2, -0.15) is 4.98 Å². The molecule has 1 atom stereocenters. The number of halogens is 3. The number of carbonyl (C=O) groups excluding carboxylic acids is 1. The number of aromatic nitrogens is 2. The SMILES string of the molecule is Cc1noc(C2CN(C(=O)Nc3cc(Cl)c(Cl)cc3F)CCN2C)n1. The molecule has 1 aliphatic heterocycles. The zero-order chi connectivity index (χ0) is 18.1. The monoisotopic (exact) mass is 387 g/mol. The highest BCUT2D eigenvalue weighted by molar-refractivity contribution is 6.42. The molecule has 2 aromatic rings. The van der Waals surface area contributed by atoms with E-state index in [1.807, 2.05) is 11.9 Å². The summed E-state index contributed by atoms with van der Waals surface area (Å²) in [6.45, 7) is 3.17. The molecule has 0 saturated carbocycles. The molecule has 1 saturated heterocycles. The molecule has 1 fully saturated rings. The summed E-state index contributed by atoms with van der Waals surface area (Å²) in [5.41, 5.74) is -0.0245. The minimum absolute atomic E-state index is 0.0245. The van der Waals surface area contributed by atoms with Crippen LogP contribution in [-0.4, -0.2) is 52.7 Å². The third-order valence-corrected chi connectivity index (χ3v) is 4.74. The molecule has 1 unspecified atom stereocenters. The Morgan fingerprint density at radius 2 is 2.08 bits per heavy atom. The van der Waals surface area contributed by atoms with Gasteiger partial charge >= 0.3 is 6.03 Å². The number of likely N-dealkylation sites (N-methyl/N-ethyl adjacent to an activating group) is 1. The third-order valence-electron chi connectivity index (χ3n) is 4.02. The van der Waals surface area contributed by atoms with Crippen molar-refractivity contribution in [1.82, 2.24) is 19.9 Å². The van der Waals surface area contributed by atoms with Gasteiger partial charge in [-0.15, -0.1) is 0 Å². The number of amides is 2. The Hall–Kier alpha value is -1.90. The van der Waals surface area contributed by atoms with Crippen molar-refractivity contribution in [1.29, 1.82) is 0 Å². The Bertz CT molecular complexity index is 800. The average Bonchev–Trinajstić information content (AvgIpc) is 2.99. The van der Waals surface area contributed by atoms with E-state index in [-0.39, 0.29) is 21.8 Å². The fourth-order valence-electron chi connectivity index (χ4n) is 2.59. The summed E-state index contributed by atoms with van der Waals surface area (Å²) in [7, 11) is 1.91. The zero-order valence-corrected chi connectivity index (χ0v) is 15.1. The number of urea groups is 1. The quantitative estimate of drug-likeness (QED) is 0.799. The molecule has 0 aliphatic carbocycles. The number of carbonyl (C=O) groups is 1. The van der Waals surface area contributed by atoms with E-state index in [1.54, 1.807) is 11.8 Å². The van der Waals surface area contributed by atoms with Crippen LogP contribution in [0, 0.1) is 12.7 Å². The van der Waals surface area contributed by atoms with Crippen molar-refractivity contribution < 1.29 is 13.7 Å². The topological polar surface area (TPSA) is 74.5 Å². The first-order valence-corrected chi connectivity index (χ1v) is 8.31. The highest BCUT2D eigenvalue weighted by atomic mass is 35.5. The fourth-order valence-corrected chi connectivity index (χ4v) is 2.90. The van der Waals surface area contributed by atoms with E-state index in [9.17, 15) is 9.18 Å². The lowest BCUT2D eigenvalue weighted by Gasteiger charge is -2.37. The predicted octanol–water partition coefficient (Wildman–Crippen LogP) is 3.34. The maximum Gasteiger partial charge on any atom is 0.322 e. The molecule has 1 aliphatic rings. The normalized spacial score (nSPS) is 18.4. The van der Waals surface area contributed by atoms with E-state index >= 15 is 0 Å². The summed E-state index contributed by atoms with van der Waals surface area (Å²) in [5, 5.41) is 6.56. The minimum Gasteiger partial charge on any atom is -0.338 e. The van der Waals surface area contributed by atoms with Crippen LogP contribution in [0.25, 0.3) is 0 Å². The molecular weight excluding hydrogens is 372 g/mol. The van der Waals surface area contributed by atoms with Gasteiger partial charge in [0.05, 0.1) is 15.7 Å². The molecule has 25 heavy (non-hydrogen) atoms. The van der Waals surface area contributed by atoms with E-state index in [2.05, 4.69) is 15.5 Å². The average molecular weight is 388 g/mol. The molecule has 2 amide bonds. The van der Waals surface area contributed by atoms with E-state index in [0.29, 0.717) is 31.3 Å². The number of rotatable bonds is 2. The minimum atomic E-state index is -0.652. The van der Waals surface area contributed by atoms with Gasteiger partial charge in [-0.05, 0) is 26.1 Å². The summed E-state index contributed by atoms with van der Waals surface area (Å²) in [5.74, 6) is 0.321. The summed E-state index contributed by atoms with van der Waals surface area (Å²) in [6.07, 6.45) is 0. The largest absolute Gasteiger partial charge is 0.338 e. The zero-order valence-electron chi connectivity index (χ0n) is 13.6. The van der Waals surface area contributed by atoms with Crippen LogP contribution in [0.2, 0.25) is 10.0 Å². The van der Waals surface area contributed by atoms with Gasteiger partial charge in [0.15, 0.2) is 5.82 Å². The Balaban J connectivity index is 1.73. The van der Waals surface area contributed by atoms with Crippen LogP contribution in [-0.2, 0) is 0 Å². The van der Waals surface area contributed by atoms with Crippen molar-refractivity contribution in [3.63, 3.8) is 0 Å². The van der Waals surface area contributed by atoms with Gasteiger partial charge in [0.1, 0.15) is 11.9 Å². The first kappa shape index (κ1) is 17.9. The van der Waals surface area contributed by atoms with Crippen molar-refractivity contribution in [3.8, 4) is 0 Å². The standard InChI is InChI=1S/C15H16Cl2FN5O2/c1-8-19-14(25-21-8)13-7-23(4-3-22(13)2)15(24)20-12-6-10(17)9(16)5-11(12)18/h5-6,13H,3-4,7H2,1-2H3,(H,20,24). The molecule has 2 heterocycles. The molecule has 0 radical (unpaired) electrons. The Morgan fingerprint density at radius 1 is 1.36 bits per heavy atom. The summed E-state index contributed by atoms with van der Waals surface area (Å²) in [6, 6.07) is 1.69. The van der Waals surface area contributed by atoms with Crippen molar-refractivity contribution in [2.75, 3.05) is 32.0 Å². The van der Waals surface area contributed by atoms with Crippen LogP contribution in [0.5, 0.6) is 0 Å². The molecule has 7 nitrogen and oxygen atoms in total. The van der Waals surface area contributed by atoms with Crippen LogP contribution >= 0.6 is 23.2 Å². The van der Waals surface area contributed by atoms with Crippen LogP contribution in [0.15, 0.2) is 16.7 Å². The van der Waals surface area contributed by atoms with E-state index in [1.165, 1.54) is 6.07 Å². The number of piperazine rings is 1. The molecular formula is C15H16Cl2FN5O2. The number of hydrogen-bond donors (Lipinski definition) is 1. The predicted molar refractivity (Wildman–Crippen MR) is 91.4 cm³/mol. The second kappa shape index (κ2) is 7.15. The van der Waals surface area contributed by atoms with Crippen molar-refractivity contribution >= 4 is 34.9 Å². The molecule has 0 spiro atoms. The summed E-state index contributed by atoms with van der Waals surface area (Å²) >= 11 is 11.6. The maximum atomic E-state index is 13.9. The summed E-state index contributed by atoms with van der Waals surface area (Å²) < 4.78 is 19.2. The molecule has 1 aromatic carbocycles. The van der Waals surface area contributed by atoms with Crippen LogP contribution < -0.4 is 5.32 Å². The van der Waals surface area contributed by atoms with Crippen LogP contribution in [0.3, 0.4) is 0 Å². The Kier molecular flexibility index (Phi) is 5.12. The number of aryl methyl sites for hydroxylation is 1. The van der Waals surface area contributed by atoms with Gasteiger partial charge in [-0.25, -0.2) is 9.18 Å². The van der Waals surface area contributed by atoms with E-state index in [4.69, 9.17) is 27.7 Å². The number of benzene rings is 1. The lowest BCUT2D eigenvalue weighted by Crippen LogP contribution is -2.50. The molecule has 1 N–H and O–H groups in total. The second-order valence-electron chi connectivity index (χ2n) is 5.80. The first-order valence-electron chi connectivity index (χ1n) is 7.56. The van der Waals surface area contributed by atoms with Crippen molar-refractivity contribution in [3.05, 3.63) is 39.7 Å². The lowest BCUT2D eigenvalue weighted by molar-refractivity contribution is 0.0960. The van der Waals surface area contributed by atoms with Gasteiger partial charge in [-0.3, -0.25) is 4.90 Å². The molecule has 0 bridgehead atoms. The van der Waals surface area contributed by atoms with Gasteiger partial charge in [0.2, 0.25) is 5.89 Å². The Labute approximate surface area is 153 Å². The maximum absolute atomic E-state index is 13.9. The number of anilines is 1. The van der Waals surface area contributed by atoms with Crippen LogP contribution in [0.4, 0.5) is 14.9 Å². The lowest BCUT2D eigenvalue weighted by atomic mass is 10.2. The number of nitrogens with one attached hydrogen (secondary N) is 1. The molecule has 1 aromatic heterocycles. The molecule has 3 rings (SSSR count). The van der Waals surface area contributed by atoms with Gasteiger partial charge in [-0.1, -0.05) is 28.4 Å². The van der Waals surface area contributed by atoms with Gasteiger partial charge < -0.3 is 14.7 Å². The van der Waals surface area contributed by atoms with E-state index in [0.717, 1.165) is 6.07 Å². The highest BCUT2D eigenvalue weighted by Crippen LogP contribution is 2.29. The van der Waals surface area contributed by atoms with E-state index < -0.39 is 11.8 Å². The number of nitrogens with zero attached hydrogens (tertiary/aromatic N) is 4. The second-order valence-corrected chi connectivity index (χ2v) is 6.61. The van der Waals surface area contributed by atoms with Gasteiger partial charge in [0, 0.05) is 19.6 Å².